The smallest absolute Gasteiger partial charge is 0.255 e. The first-order valence-corrected chi connectivity index (χ1v) is 10.1. The second-order valence-electron chi connectivity index (χ2n) is 7.58. The van der Waals surface area contributed by atoms with Crippen molar-refractivity contribution in [2.45, 2.75) is 45.1 Å². The summed E-state index contributed by atoms with van der Waals surface area (Å²) in [4.78, 5) is 31.2. The molecule has 0 spiro atoms. The van der Waals surface area contributed by atoms with Crippen LogP contribution < -0.4 is 15.5 Å². The maximum absolute atomic E-state index is 13.0. The Hall–Kier alpha value is -2.89. The molecule has 4 rings (SSSR count). The minimum absolute atomic E-state index is 0.0587. The van der Waals surface area contributed by atoms with Gasteiger partial charge in [-0.25, -0.2) is 4.98 Å². The van der Waals surface area contributed by atoms with Crippen LogP contribution in [0.4, 0.5) is 11.5 Å². The predicted octanol–water partition coefficient (Wildman–Crippen LogP) is 3.45. The summed E-state index contributed by atoms with van der Waals surface area (Å²) >= 11 is 0. The van der Waals surface area contributed by atoms with Crippen molar-refractivity contribution >= 4 is 23.3 Å². The SMILES string of the molecule is CC(NC(=O)c1cccnc1N1CCCCC1)c1ccc2c(c1)CCC(=O)N2. The number of anilines is 2. The van der Waals surface area contributed by atoms with Crippen molar-refractivity contribution in [1.29, 1.82) is 0 Å². The number of piperidine rings is 1. The van der Waals surface area contributed by atoms with Crippen molar-refractivity contribution < 1.29 is 9.59 Å². The van der Waals surface area contributed by atoms with Gasteiger partial charge in [-0.15, -0.1) is 0 Å². The number of aryl methyl sites for hydroxylation is 1. The van der Waals surface area contributed by atoms with Crippen LogP contribution in [0.25, 0.3) is 0 Å². The number of nitrogens with zero attached hydrogens (tertiary/aromatic N) is 2. The second-order valence-corrected chi connectivity index (χ2v) is 7.58. The summed E-state index contributed by atoms with van der Waals surface area (Å²) < 4.78 is 0. The lowest BCUT2D eigenvalue weighted by molar-refractivity contribution is -0.116. The van der Waals surface area contributed by atoms with Gasteiger partial charge in [-0.2, -0.15) is 0 Å². The lowest BCUT2D eigenvalue weighted by Crippen LogP contribution is -2.34. The van der Waals surface area contributed by atoms with Crippen LogP contribution in [0.15, 0.2) is 36.5 Å². The maximum atomic E-state index is 13.0. The average Bonchev–Trinajstić information content (AvgIpc) is 2.74. The first kappa shape index (κ1) is 18.5. The van der Waals surface area contributed by atoms with E-state index in [-0.39, 0.29) is 17.9 Å². The Kier molecular flexibility index (Phi) is 5.28. The average molecular weight is 378 g/mol. The first-order valence-electron chi connectivity index (χ1n) is 10.1. The number of pyridine rings is 1. The Morgan fingerprint density at radius 1 is 1.18 bits per heavy atom. The molecule has 6 nitrogen and oxygen atoms in total. The van der Waals surface area contributed by atoms with Crippen LogP contribution in [0.5, 0.6) is 0 Å². The van der Waals surface area contributed by atoms with Crippen LogP contribution in [-0.4, -0.2) is 29.9 Å². The van der Waals surface area contributed by atoms with Crippen LogP contribution in [0.1, 0.15) is 60.1 Å². The fraction of sp³-hybridized carbons (Fsp3) is 0.409. The molecule has 28 heavy (non-hydrogen) atoms. The number of amides is 2. The standard InChI is InChI=1S/C22H26N4O2/c1-15(16-7-9-19-17(14-16)8-10-20(27)25-19)24-22(28)18-6-5-11-23-21(18)26-12-3-2-4-13-26/h5-7,9,11,14-15H,2-4,8,10,12-13H2,1H3,(H,24,28)(H,25,27). The lowest BCUT2D eigenvalue weighted by Gasteiger charge is -2.29. The maximum Gasteiger partial charge on any atom is 0.255 e. The molecule has 0 saturated carbocycles. The minimum Gasteiger partial charge on any atom is -0.356 e. The van der Waals surface area contributed by atoms with E-state index in [2.05, 4.69) is 26.6 Å². The Balaban J connectivity index is 1.50. The van der Waals surface area contributed by atoms with Gasteiger partial charge in [0, 0.05) is 31.4 Å². The van der Waals surface area contributed by atoms with Gasteiger partial charge in [0.1, 0.15) is 5.82 Å². The number of hydrogen-bond donors (Lipinski definition) is 2. The number of benzene rings is 1. The summed E-state index contributed by atoms with van der Waals surface area (Å²) in [7, 11) is 0. The second kappa shape index (κ2) is 8.00. The quantitative estimate of drug-likeness (QED) is 0.855. The van der Waals surface area contributed by atoms with E-state index in [4.69, 9.17) is 0 Å². The summed E-state index contributed by atoms with van der Waals surface area (Å²) in [6, 6.07) is 9.49. The number of carbonyl (C=O) groups excluding carboxylic acids is 2. The number of rotatable bonds is 4. The van der Waals surface area contributed by atoms with Crippen LogP contribution >= 0.6 is 0 Å². The third kappa shape index (κ3) is 3.86. The molecule has 2 aromatic rings. The highest BCUT2D eigenvalue weighted by Gasteiger charge is 2.22. The topological polar surface area (TPSA) is 74.3 Å². The van der Waals surface area contributed by atoms with Crippen molar-refractivity contribution in [3.63, 3.8) is 0 Å². The largest absolute Gasteiger partial charge is 0.356 e. The van der Waals surface area contributed by atoms with Gasteiger partial charge in [-0.1, -0.05) is 12.1 Å². The first-order chi connectivity index (χ1) is 13.6. The predicted molar refractivity (Wildman–Crippen MR) is 110 cm³/mol. The fourth-order valence-corrected chi connectivity index (χ4v) is 3.96. The van der Waals surface area contributed by atoms with Crippen LogP contribution in [-0.2, 0) is 11.2 Å². The summed E-state index contributed by atoms with van der Waals surface area (Å²) in [5.74, 6) is 0.732. The van der Waals surface area contributed by atoms with E-state index in [1.807, 2.05) is 31.2 Å². The molecule has 146 valence electrons. The fourth-order valence-electron chi connectivity index (χ4n) is 3.96. The van der Waals surface area contributed by atoms with Gasteiger partial charge >= 0.3 is 0 Å². The lowest BCUT2D eigenvalue weighted by atomic mass is 9.97. The van der Waals surface area contributed by atoms with Gasteiger partial charge in [0.25, 0.3) is 5.91 Å². The van der Waals surface area contributed by atoms with Gasteiger partial charge < -0.3 is 15.5 Å². The minimum atomic E-state index is -0.134. The van der Waals surface area contributed by atoms with E-state index in [9.17, 15) is 9.59 Å². The molecule has 2 aliphatic rings. The molecule has 3 heterocycles. The highest BCUT2D eigenvalue weighted by atomic mass is 16.2. The van der Waals surface area contributed by atoms with Gasteiger partial charge in [-0.05, 0) is 61.9 Å². The zero-order chi connectivity index (χ0) is 19.5. The highest BCUT2D eigenvalue weighted by Crippen LogP contribution is 2.27. The molecule has 2 aliphatic heterocycles. The molecule has 2 amide bonds. The molecule has 1 aromatic carbocycles. The molecule has 1 saturated heterocycles. The van der Waals surface area contributed by atoms with E-state index in [0.29, 0.717) is 12.0 Å². The number of carbonyl (C=O) groups is 2. The van der Waals surface area contributed by atoms with Crippen molar-refractivity contribution in [2.75, 3.05) is 23.3 Å². The van der Waals surface area contributed by atoms with Gasteiger partial charge in [0.2, 0.25) is 5.91 Å². The third-order valence-electron chi connectivity index (χ3n) is 5.56. The van der Waals surface area contributed by atoms with Crippen molar-refractivity contribution in [2.24, 2.45) is 0 Å². The summed E-state index contributed by atoms with van der Waals surface area (Å²) in [5.41, 5.74) is 3.65. The highest BCUT2D eigenvalue weighted by molar-refractivity contribution is 5.99. The Labute approximate surface area is 165 Å². The number of aromatic nitrogens is 1. The number of hydrogen-bond acceptors (Lipinski definition) is 4. The molecule has 2 N–H and O–H groups in total. The van der Waals surface area contributed by atoms with Crippen LogP contribution in [0, 0.1) is 0 Å². The van der Waals surface area contributed by atoms with Gasteiger partial charge in [0.15, 0.2) is 0 Å². The molecule has 0 aliphatic carbocycles. The van der Waals surface area contributed by atoms with E-state index in [1.165, 1.54) is 6.42 Å². The molecule has 1 atom stereocenters. The van der Waals surface area contributed by atoms with E-state index < -0.39 is 0 Å². The van der Waals surface area contributed by atoms with E-state index in [0.717, 1.165) is 55.0 Å². The Bertz CT molecular complexity index is 890. The van der Waals surface area contributed by atoms with Gasteiger partial charge in [-0.3, -0.25) is 9.59 Å². The van der Waals surface area contributed by atoms with E-state index >= 15 is 0 Å². The normalized spacial score (nSPS) is 17.5. The van der Waals surface area contributed by atoms with Crippen molar-refractivity contribution in [3.05, 3.63) is 53.2 Å². The molecule has 1 aromatic heterocycles. The van der Waals surface area contributed by atoms with Gasteiger partial charge in [0.05, 0.1) is 11.6 Å². The number of fused-ring (bicyclic) bond motifs is 1. The molecular formula is C22H26N4O2. The Morgan fingerprint density at radius 2 is 2.00 bits per heavy atom. The Morgan fingerprint density at radius 3 is 2.82 bits per heavy atom. The monoisotopic (exact) mass is 378 g/mol. The van der Waals surface area contributed by atoms with Crippen LogP contribution in [0.2, 0.25) is 0 Å². The summed E-state index contributed by atoms with van der Waals surface area (Å²) in [6.45, 7) is 3.88. The van der Waals surface area contributed by atoms with Crippen molar-refractivity contribution in [3.8, 4) is 0 Å². The van der Waals surface area contributed by atoms with E-state index in [1.54, 1.807) is 6.20 Å². The third-order valence-corrected chi connectivity index (χ3v) is 5.56. The summed E-state index contributed by atoms with van der Waals surface area (Å²) in [6.07, 6.45) is 6.51. The van der Waals surface area contributed by atoms with Crippen molar-refractivity contribution in [1.82, 2.24) is 10.3 Å². The molecule has 0 radical (unpaired) electrons. The summed E-state index contributed by atoms with van der Waals surface area (Å²) in [5, 5.41) is 6.01. The van der Waals surface area contributed by atoms with Crippen LogP contribution in [0.3, 0.4) is 0 Å². The molecule has 1 unspecified atom stereocenters. The zero-order valence-corrected chi connectivity index (χ0v) is 16.2. The molecule has 1 fully saturated rings. The zero-order valence-electron chi connectivity index (χ0n) is 16.2. The molecular weight excluding hydrogens is 352 g/mol. The molecule has 0 bridgehead atoms. The number of nitrogens with one attached hydrogen (secondary N) is 2. The molecule has 6 heteroatoms.